The van der Waals surface area contributed by atoms with Crippen LogP contribution in [-0.2, 0) is 11.3 Å². The molecule has 182 valence electrons. The Bertz CT molecular complexity index is 1320. The second-order valence-corrected chi connectivity index (χ2v) is 8.15. The van der Waals surface area contributed by atoms with Gasteiger partial charge in [-0.05, 0) is 29.3 Å². The van der Waals surface area contributed by atoms with Gasteiger partial charge in [0.05, 0.1) is 11.1 Å². The number of rotatable bonds is 4. The molecule has 1 N–H and O–H groups in total. The summed E-state index contributed by atoms with van der Waals surface area (Å²) in [4.78, 5) is 28.2. The number of carbonyl (C=O) groups is 2. The van der Waals surface area contributed by atoms with Gasteiger partial charge in [-0.1, -0.05) is 17.3 Å². The molecule has 0 saturated carbocycles. The Labute approximate surface area is 194 Å². The lowest BCUT2D eigenvalue weighted by Gasteiger charge is -2.20. The van der Waals surface area contributed by atoms with Crippen molar-refractivity contribution in [2.75, 3.05) is 19.6 Å². The van der Waals surface area contributed by atoms with Crippen molar-refractivity contribution in [2.45, 2.75) is 13.0 Å². The van der Waals surface area contributed by atoms with E-state index in [0.717, 1.165) is 17.7 Å². The molecule has 0 spiro atoms. The molecule has 1 fully saturated rings. The van der Waals surface area contributed by atoms with E-state index >= 15 is 0 Å². The molecule has 2 aliphatic rings. The summed E-state index contributed by atoms with van der Waals surface area (Å²) in [6, 6.07) is 7.52. The Kier molecular flexibility index (Phi) is 5.53. The number of benzene rings is 2. The summed E-state index contributed by atoms with van der Waals surface area (Å²) in [6.45, 7) is 0.725. The molecule has 13 heteroatoms. The SMILES string of the molecule is O=C(c1cc2nn[nH]c2cc1F)N1C=C2CN(C(=O)OCc3ccc(OC(F)(F)F)cc3)C[C@@H]2C1. The molecule has 0 radical (unpaired) electrons. The largest absolute Gasteiger partial charge is 0.573 e. The first-order valence-corrected chi connectivity index (χ1v) is 10.4. The van der Waals surface area contributed by atoms with E-state index in [1.165, 1.54) is 34.1 Å². The number of nitrogens with one attached hydrogen (secondary N) is 1. The average molecular weight is 491 g/mol. The number of H-pyrrole nitrogens is 1. The first-order chi connectivity index (χ1) is 16.7. The number of amides is 2. The van der Waals surface area contributed by atoms with Crippen LogP contribution in [0.5, 0.6) is 5.75 Å². The zero-order valence-electron chi connectivity index (χ0n) is 17.9. The first kappa shape index (κ1) is 22.6. The number of aromatic amines is 1. The van der Waals surface area contributed by atoms with Gasteiger partial charge in [-0.25, -0.2) is 9.18 Å². The summed E-state index contributed by atoms with van der Waals surface area (Å²) in [5, 5.41) is 9.94. The number of aromatic nitrogens is 3. The number of likely N-dealkylation sites (tertiary alicyclic amines) is 1. The molecule has 2 amide bonds. The van der Waals surface area contributed by atoms with Crippen LogP contribution < -0.4 is 4.74 Å². The molecule has 5 rings (SSSR count). The van der Waals surface area contributed by atoms with Gasteiger partial charge in [0.15, 0.2) is 0 Å². The highest BCUT2D eigenvalue weighted by Gasteiger charge is 2.38. The maximum absolute atomic E-state index is 14.4. The van der Waals surface area contributed by atoms with Crippen LogP contribution in [0.1, 0.15) is 15.9 Å². The second-order valence-electron chi connectivity index (χ2n) is 8.15. The minimum Gasteiger partial charge on any atom is -0.445 e. The van der Waals surface area contributed by atoms with Gasteiger partial charge < -0.3 is 19.3 Å². The third-order valence-electron chi connectivity index (χ3n) is 5.76. The van der Waals surface area contributed by atoms with E-state index in [-0.39, 0.29) is 36.9 Å². The van der Waals surface area contributed by atoms with Crippen molar-refractivity contribution in [3.63, 3.8) is 0 Å². The van der Waals surface area contributed by atoms with Gasteiger partial charge in [-0.15, -0.1) is 18.3 Å². The van der Waals surface area contributed by atoms with Crippen molar-refractivity contribution in [2.24, 2.45) is 5.92 Å². The summed E-state index contributed by atoms with van der Waals surface area (Å²) >= 11 is 0. The summed E-state index contributed by atoms with van der Waals surface area (Å²) in [5.41, 5.74) is 1.97. The molecular weight excluding hydrogens is 474 g/mol. The monoisotopic (exact) mass is 491 g/mol. The van der Waals surface area contributed by atoms with E-state index in [9.17, 15) is 27.2 Å². The molecule has 35 heavy (non-hydrogen) atoms. The molecule has 1 aromatic heterocycles. The predicted octanol–water partition coefficient (Wildman–Crippen LogP) is 3.60. The van der Waals surface area contributed by atoms with Gasteiger partial charge in [0.25, 0.3) is 5.91 Å². The van der Waals surface area contributed by atoms with Crippen LogP contribution in [-0.4, -0.2) is 63.2 Å². The van der Waals surface area contributed by atoms with Crippen molar-refractivity contribution >= 4 is 23.0 Å². The van der Waals surface area contributed by atoms with Gasteiger partial charge in [-0.3, -0.25) is 9.89 Å². The lowest BCUT2D eigenvalue weighted by atomic mass is 10.1. The standard InChI is InChI=1S/C22H17F4N5O4/c23-17-6-19-18(27-29-28-19)5-16(17)20(32)30-7-13-9-31(10-14(13)8-30)21(33)34-11-12-1-3-15(4-2-12)35-22(24,25)26/h1-7,14H,8-11H2,(H,27,28,29)/t14-/m0/s1. The van der Waals surface area contributed by atoms with Crippen molar-refractivity contribution < 1.29 is 36.6 Å². The van der Waals surface area contributed by atoms with E-state index in [1.807, 2.05) is 0 Å². The molecule has 2 aliphatic heterocycles. The van der Waals surface area contributed by atoms with Gasteiger partial charge in [-0.2, -0.15) is 0 Å². The smallest absolute Gasteiger partial charge is 0.445 e. The van der Waals surface area contributed by atoms with Crippen LogP contribution >= 0.6 is 0 Å². The van der Waals surface area contributed by atoms with Gasteiger partial charge in [0.1, 0.15) is 23.7 Å². The number of fused-ring (bicyclic) bond motifs is 2. The maximum Gasteiger partial charge on any atom is 0.573 e. The number of carbonyl (C=O) groups excluding carboxylic acids is 2. The molecule has 0 bridgehead atoms. The number of alkyl halides is 3. The van der Waals surface area contributed by atoms with Crippen molar-refractivity contribution in [3.8, 4) is 5.75 Å². The van der Waals surface area contributed by atoms with Crippen LogP contribution in [0.25, 0.3) is 11.0 Å². The fourth-order valence-electron chi connectivity index (χ4n) is 4.10. The topological polar surface area (TPSA) is 101 Å². The molecule has 0 unspecified atom stereocenters. The van der Waals surface area contributed by atoms with Crippen molar-refractivity contribution in [3.05, 3.63) is 65.1 Å². The average Bonchev–Trinajstić information content (AvgIpc) is 3.51. The quantitative estimate of drug-likeness (QED) is 0.560. The predicted molar refractivity (Wildman–Crippen MR) is 111 cm³/mol. The Morgan fingerprint density at radius 2 is 1.91 bits per heavy atom. The number of hydrogen-bond donors (Lipinski definition) is 1. The normalized spacial score (nSPS) is 17.5. The molecular formula is C22H17F4N5O4. The highest BCUT2D eigenvalue weighted by molar-refractivity contribution is 5.98. The molecule has 0 aliphatic carbocycles. The van der Waals surface area contributed by atoms with Gasteiger partial charge >= 0.3 is 12.5 Å². The number of hydrogen-bond acceptors (Lipinski definition) is 6. The van der Waals surface area contributed by atoms with E-state index in [2.05, 4.69) is 20.1 Å². The number of ether oxygens (including phenoxy) is 2. The second kappa shape index (κ2) is 8.56. The molecule has 2 aromatic carbocycles. The fraction of sp³-hybridized carbons (Fsp3) is 0.273. The molecule has 3 aromatic rings. The Morgan fingerprint density at radius 1 is 1.14 bits per heavy atom. The Hall–Kier alpha value is -4.16. The third-order valence-corrected chi connectivity index (χ3v) is 5.76. The third kappa shape index (κ3) is 4.74. The van der Waals surface area contributed by atoms with Gasteiger partial charge in [0, 0.05) is 37.8 Å². The summed E-state index contributed by atoms with van der Waals surface area (Å²) < 4.78 is 60.2. The van der Waals surface area contributed by atoms with E-state index < -0.39 is 24.2 Å². The first-order valence-electron chi connectivity index (χ1n) is 10.4. The Balaban J connectivity index is 1.17. The summed E-state index contributed by atoms with van der Waals surface area (Å²) in [5.74, 6) is -1.68. The fourth-order valence-corrected chi connectivity index (χ4v) is 4.10. The lowest BCUT2D eigenvalue weighted by Crippen LogP contribution is -2.33. The lowest BCUT2D eigenvalue weighted by molar-refractivity contribution is -0.274. The van der Waals surface area contributed by atoms with E-state index in [4.69, 9.17) is 4.74 Å². The van der Waals surface area contributed by atoms with E-state index in [1.54, 1.807) is 6.20 Å². The van der Waals surface area contributed by atoms with Crippen LogP contribution in [0, 0.1) is 11.7 Å². The maximum atomic E-state index is 14.4. The van der Waals surface area contributed by atoms with Crippen LogP contribution in [0.15, 0.2) is 48.2 Å². The minimum atomic E-state index is -4.78. The zero-order valence-corrected chi connectivity index (χ0v) is 17.9. The molecule has 1 saturated heterocycles. The van der Waals surface area contributed by atoms with Gasteiger partial charge in [0.2, 0.25) is 0 Å². The Morgan fingerprint density at radius 3 is 2.63 bits per heavy atom. The highest BCUT2D eigenvalue weighted by Crippen LogP contribution is 2.31. The molecule has 3 heterocycles. The number of halogens is 4. The van der Waals surface area contributed by atoms with Crippen LogP contribution in [0.2, 0.25) is 0 Å². The van der Waals surface area contributed by atoms with Crippen molar-refractivity contribution in [1.82, 2.24) is 25.2 Å². The number of nitrogens with zero attached hydrogens (tertiary/aromatic N) is 4. The van der Waals surface area contributed by atoms with Crippen LogP contribution in [0.4, 0.5) is 22.4 Å². The van der Waals surface area contributed by atoms with Crippen molar-refractivity contribution in [1.29, 1.82) is 0 Å². The summed E-state index contributed by atoms with van der Waals surface area (Å²) in [6.07, 6.45) is -3.75. The minimum absolute atomic E-state index is 0.107. The zero-order chi connectivity index (χ0) is 24.7. The molecule has 1 atom stereocenters. The highest BCUT2D eigenvalue weighted by atomic mass is 19.4. The molecule has 9 nitrogen and oxygen atoms in total. The van der Waals surface area contributed by atoms with Crippen LogP contribution in [0.3, 0.4) is 0 Å². The van der Waals surface area contributed by atoms with E-state index in [0.29, 0.717) is 23.1 Å². The summed E-state index contributed by atoms with van der Waals surface area (Å²) in [7, 11) is 0.